The topological polar surface area (TPSA) is 71.8 Å². The fourth-order valence-electron chi connectivity index (χ4n) is 1.04. The fourth-order valence-corrected chi connectivity index (χ4v) is 1.04. The molecule has 0 saturated heterocycles. The van der Waals surface area contributed by atoms with Gasteiger partial charge in [-0.15, -0.1) is 0 Å². The maximum atomic E-state index is 10.3. The summed E-state index contributed by atoms with van der Waals surface area (Å²) in [6.07, 6.45) is 1.51. The number of nitro groups is 1. The summed E-state index contributed by atoms with van der Waals surface area (Å²) in [7, 11) is 0. The van der Waals surface area contributed by atoms with Crippen LogP contribution >= 0.6 is 0 Å². The Bertz CT molecular complexity index is 440. The van der Waals surface area contributed by atoms with Crippen molar-refractivity contribution in [1.82, 2.24) is 9.97 Å². The Balaban J connectivity index is 0.000000845. The number of H-pyrrole nitrogens is 1. The first-order chi connectivity index (χ1) is 5.77. The summed E-state index contributed by atoms with van der Waals surface area (Å²) in [4.78, 5) is 16.6. The molecule has 2 rings (SSSR count). The number of imidazole rings is 1. The zero-order chi connectivity index (χ0) is 8.55. The average Bonchev–Trinajstić information content (AvgIpc) is 2.49. The monoisotopic (exact) mass is 270 g/mol. The van der Waals surface area contributed by atoms with Crippen LogP contribution in [0.3, 0.4) is 0 Å². The molecule has 1 N–H and O–H groups in total. The van der Waals surface area contributed by atoms with Crippen LogP contribution in [0.25, 0.3) is 11.0 Å². The largest absolute Gasteiger partial charge is 1.00 e. The molecule has 70 valence electrons. The van der Waals surface area contributed by atoms with Crippen LogP contribution in [-0.4, -0.2) is 14.9 Å². The van der Waals surface area contributed by atoms with Crippen LogP contribution in [0.5, 0.6) is 0 Å². The number of benzene rings is 1. The van der Waals surface area contributed by atoms with Crippen LogP contribution in [0.1, 0.15) is 0 Å². The number of nitro benzene ring substituents is 1. The van der Waals surface area contributed by atoms with Gasteiger partial charge in [-0.2, -0.15) is 0 Å². The first-order valence-corrected chi connectivity index (χ1v) is 3.35. The van der Waals surface area contributed by atoms with Crippen molar-refractivity contribution in [3.63, 3.8) is 0 Å². The molecule has 0 saturated carbocycles. The molecule has 13 heavy (non-hydrogen) atoms. The van der Waals surface area contributed by atoms with Gasteiger partial charge in [-0.05, 0) is 6.07 Å². The van der Waals surface area contributed by atoms with Crippen LogP contribution in [-0.2, 0) is 22.4 Å². The molecule has 1 aromatic heterocycles. The van der Waals surface area contributed by atoms with Crippen LogP contribution in [0.15, 0.2) is 24.5 Å². The molecule has 1 aromatic carbocycles. The minimum Gasteiger partial charge on any atom is -0.344 e. The van der Waals surface area contributed by atoms with Gasteiger partial charge in [-0.3, -0.25) is 10.1 Å². The van der Waals surface area contributed by atoms with Crippen LogP contribution in [0, 0.1) is 10.1 Å². The molecule has 5 nitrogen and oxygen atoms in total. The second-order valence-electron chi connectivity index (χ2n) is 2.36. The number of nitrogens with zero attached hydrogens (tertiary/aromatic N) is 2. The fraction of sp³-hybridized carbons (Fsp3) is 0. The van der Waals surface area contributed by atoms with E-state index in [1.807, 2.05) is 0 Å². The van der Waals surface area contributed by atoms with Crippen LogP contribution in [0.4, 0.5) is 5.69 Å². The van der Waals surface area contributed by atoms with Gasteiger partial charge in [0.25, 0.3) is 5.69 Å². The molecule has 1 heterocycles. The molecular formula is C7H5AgN3O2+. The van der Waals surface area contributed by atoms with Crippen molar-refractivity contribution < 1.29 is 27.3 Å². The zero-order valence-electron chi connectivity index (χ0n) is 6.32. The Morgan fingerprint density at radius 2 is 2.23 bits per heavy atom. The number of hydrogen-bond donors (Lipinski definition) is 1. The van der Waals surface area contributed by atoms with Gasteiger partial charge in [0, 0.05) is 12.1 Å². The van der Waals surface area contributed by atoms with Gasteiger partial charge < -0.3 is 4.98 Å². The average molecular weight is 271 g/mol. The first kappa shape index (κ1) is 9.91. The van der Waals surface area contributed by atoms with E-state index in [0.29, 0.717) is 5.52 Å². The third kappa shape index (κ3) is 1.77. The van der Waals surface area contributed by atoms with Crippen molar-refractivity contribution in [3.8, 4) is 0 Å². The SMILES string of the molecule is O=[N+]([O-])c1ccc2nc[nH]c2c1.[Ag+]. The van der Waals surface area contributed by atoms with Gasteiger partial charge in [0.2, 0.25) is 0 Å². The van der Waals surface area contributed by atoms with E-state index in [1.54, 1.807) is 6.07 Å². The van der Waals surface area contributed by atoms with Crippen molar-refractivity contribution in [2.75, 3.05) is 0 Å². The van der Waals surface area contributed by atoms with Crippen LogP contribution < -0.4 is 0 Å². The van der Waals surface area contributed by atoms with Gasteiger partial charge in [-0.25, -0.2) is 4.98 Å². The molecule has 0 aliphatic carbocycles. The van der Waals surface area contributed by atoms with Gasteiger partial charge in [-0.1, -0.05) is 0 Å². The first-order valence-electron chi connectivity index (χ1n) is 3.35. The molecule has 0 unspecified atom stereocenters. The van der Waals surface area contributed by atoms with Gasteiger partial charge in [0.05, 0.1) is 22.3 Å². The summed E-state index contributed by atoms with van der Waals surface area (Å²) in [6, 6.07) is 4.51. The molecular weight excluding hydrogens is 266 g/mol. The Morgan fingerprint density at radius 1 is 1.46 bits per heavy atom. The number of fused-ring (bicyclic) bond motifs is 1. The molecule has 6 heteroatoms. The van der Waals surface area contributed by atoms with Crippen molar-refractivity contribution in [2.45, 2.75) is 0 Å². The second kappa shape index (κ2) is 3.69. The van der Waals surface area contributed by atoms with Crippen LogP contribution in [0.2, 0.25) is 0 Å². The quantitative estimate of drug-likeness (QED) is 0.485. The Labute approximate surface area is 88.8 Å². The smallest absolute Gasteiger partial charge is 0.344 e. The van der Waals surface area contributed by atoms with E-state index in [-0.39, 0.29) is 28.1 Å². The maximum absolute atomic E-state index is 10.3. The number of hydrogen-bond acceptors (Lipinski definition) is 3. The molecule has 0 bridgehead atoms. The molecule has 0 aliphatic heterocycles. The molecule has 0 aliphatic rings. The number of nitrogens with one attached hydrogen (secondary N) is 1. The summed E-state index contributed by atoms with van der Waals surface area (Å²) < 4.78 is 0. The minimum atomic E-state index is -0.430. The Hall–Kier alpha value is -1.17. The second-order valence-corrected chi connectivity index (χ2v) is 2.36. The maximum Gasteiger partial charge on any atom is 1.00 e. The zero-order valence-corrected chi connectivity index (χ0v) is 7.80. The van der Waals surface area contributed by atoms with E-state index in [1.165, 1.54) is 18.5 Å². The molecule has 0 spiro atoms. The summed E-state index contributed by atoms with van der Waals surface area (Å²) >= 11 is 0. The number of non-ortho nitro benzene ring substituents is 1. The van der Waals surface area contributed by atoms with Gasteiger partial charge in [0.15, 0.2) is 0 Å². The van der Waals surface area contributed by atoms with Gasteiger partial charge in [0.1, 0.15) is 0 Å². The molecule has 0 atom stereocenters. The molecule has 0 radical (unpaired) electrons. The van der Waals surface area contributed by atoms with E-state index in [0.717, 1.165) is 5.52 Å². The third-order valence-corrected chi connectivity index (χ3v) is 1.61. The van der Waals surface area contributed by atoms with E-state index in [9.17, 15) is 10.1 Å². The van der Waals surface area contributed by atoms with Crippen molar-refractivity contribution in [3.05, 3.63) is 34.6 Å². The standard InChI is InChI=1S/C7H5N3O2.Ag/c11-10(12)5-1-2-6-7(3-5)9-4-8-6;/h1-4H,(H,8,9);/q;+1. The number of aromatic nitrogens is 2. The Kier molecular flexibility index (Phi) is 2.82. The van der Waals surface area contributed by atoms with Crippen molar-refractivity contribution in [2.24, 2.45) is 0 Å². The van der Waals surface area contributed by atoms with Gasteiger partial charge >= 0.3 is 22.4 Å². The predicted octanol–water partition coefficient (Wildman–Crippen LogP) is 1.47. The third-order valence-electron chi connectivity index (χ3n) is 1.61. The van der Waals surface area contributed by atoms with E-state index < -0.39 is 4.92 Å². The molecule has 2 aromatic rings. The van der Waals surface area contributed by atoms with Crippen molar-refractivity contribution in [1.29, 1.82) is 0 Å². The van der Waals surface area contributed by atoms with E-state index >= 15 is 0 Å². The minimum absolute atomic E-state index is 0. The summed E-state index contributed by atoms with van der Waals surface area (Å²) in [5.74, 6) is 0. The normalized spacial score (nSPS) is 9.54. The number of rotatable bonds is 1. The summed E-state index contributed by atoms with van der Waals surface area (Å²) in [5, 5.41) is 10.3. The molecule has 0 amide bonds. The summed E-state index contributed by atoms with van der Waals surface area (Å²) in [6.45, 7) is 0. The molecule has 0 fully saturated rings. The van der Waals surface area contributed by atoms with Crippen molar-refractivity contribution >= 4 is 16.7 Å². The van der Waals surface area contributed by atoms with E-state index in [4.69, 9.17) is 0 Å². The Morgan fingerprint density at radius 3 is 2.92 bits per heavy atom. The predicted molar refractivity (Wildman–Crippen MR) is 42.7 cm³/mol. The number of aromatic amines is 1. The summed E-state index contributed by atoms with van der Waals surface area (Å²) in [5.41, 5.74) is 1.50. The van der Waals surface area contributed by atoms with E-state index in [2.05, 4.69) is 9.97 Å².